The van der Waals surface area contributed by atoms with Crippen molar-refractivity contribution >= 4 is 35.6 Å². The van der Waals surface area contributed by atoms with E-state index in [0.717, 1.165) is 32.1 Å². The smallest absolute Gasteiger partial charge is 0.193 e. The first-order valence-corrected chi connectivity index (χ1v) is 9.73. The van der Waals surface area contributed by atoms with Gasteiger partial charge in [-0.15, -0.1) is 24.0 Å². The van der Waals surface area contributed by atoms with Crippen LogP contribution in [0.3, 0.4) is 0 Å². The third-order valence-corrected chi connectivity index (χ3v) is 6.16. The molecule has 1 N–H and O–H groups in total. The number of halogens is 1. The fraction of sp³-hybridized carbons (Fsp3) is 0.571. The first-order chi connectivity index (χ1) is 12.3. The number of aliphatic imine (C=N–C) groups is 1. The van der Waals surface area contributed by atoms with Gasteiger partial charge in [0.25, 0.3) is 0 Å². The van der Waals surface area contributed by atoms with Crippen molar-refractivity contribution in [2.24, 2.45) is 10.4 Å². The number of hydrogen-bond acceptors (Lipinski definition) is 2. The van der Waals surface area contributed by atoms with Crippen LogP contribution in [0.1, 0.15) is 37.7 Å². The van der Waals surface area contributed by atoms with E-state index < -0.39 is 0 Å². The molecule has 5 heteroatoms. The molecule has 0 atom stereocenters. The molecule has 0 aromatic heterocycles. The van der Waals surface area contributed by atoms with E-state index in [1.54, 1.807) is 0 Å². The molecule has 1 aromatic rings. The van der Waals surface area contributed by atoms with E-state index in [1.165, 1.54) is 49.9 Å². The second-order valence-electron chi connectivity index (χ2n) is 7.83. The van der Waals surface area contributed by atoms with Crippen molar-refractivity contribution in [1.29, 1.82) is 0 Å². The van der Waals surface area contributed by atoms with Gasteiger partial charge in [0.1, 0.15) is 0 Å². The van der Waals surface area contributed by atoms with E-state index >= 15 is 0 Å². The predicted molar refractivity (Wildman–Crippen MR) is 120 cm³/mol. The Kier molecular flexibility index (Phi) is 6.48. The van der Waals surface area contributed by atoms with Crippen LogP contribution in [0.2, 0.25) is 0 Å². The lowest BCUT2D eigenvalue weighted by atomic mass is 9.86. The van der Waals surface area contributed by atoms with Gasteiger partial charge in [-0.05, 0) is 42.4 Å². The van der Waals surface area contributed by atoms with Gasteiger partial charge in [0, 0.05) is 45.5 Å². The summed E-state index contributed by atoms with van der Waals surface area (Å²) >= 11 is 0. The van der Waals surface area contributed by atoms with E-state index in [4.69, 9.17) is 0 Å². The zero-order valence-corrected chi connectivity index (χ0v) is 18.1. The average Bonchev–Trinajstić information content (AvgIpc) is 3.40. The van der Waals surface area contributed by atoms with Crippen LogP contribution in [-0.2, 0) is 6.54 Å². The Labute approximate surface area is 174 Å². The lowest BCUT2D eigenvalue weighted by molar-refractivity contribution is 0.309. The lowest BCUT2D eigenvalue weighted by Gasteiger charge is -2.26. The highest BCUT2D eigenvalue weighted by atomic mass is 127. The average molecular weight is 466 g/mol. The monoisotopic (exact) mass is 466 g/mol. The summed E-state index contributed by atoms with van der Waals surface area (Å²) in [7, 11) is 1.91. The molecule has 142 valence electrons. The van der Waals surface area contributed by atoms with Gasteiger partial charge in [-0.2, -0.15) is 0 Å². The number of anilines is 1. The maximum atomic E-state index is 4.55. The van der Waals surface area contributed by atoms with Crippen molar-refractivity contribution in [3.63, 3.8) is 0 Å². The van der Waals surface area contributed by atoms with E-state index in [2.05, 4.69) is 56.5 Å². The number of guanidine groups is 1. The minimum Gasteiger partial charge on any atom is -0.364 e. The summed E-state index contributed by atoms with van der Waals surface area (Å²) in [4.78, 5) is 9.41. The molecule has 26 heavy (non-hydrogen) atoms. The largest absolute Gasteiger partial charge is 0.364 e. The van der Waals surface area contributed by atoms with Gasteiger partial charge >= 0.3 is 0 Å². The van der Waals surface area contributed by atoms with Crippen LogP contribution in [0.15, 0.2) is 41.4 Å². The van der Waals surface area contributed by atoms with Crippen LogP contribution in [0.5, 0.6) is 0 Å². The summed E-state index contributed by atoms with van der Waals surface area (Å²) < 4.78 is 0. The molecule has 2 aliphatic heterocycles. The topological polar surface area (TPSA) is 30.9 Å². The predicted octanol–water partition coefficient (Wildman–Crippen LogP) is 4.02. The number of hydrogen-bond donors (Lipinski definition) is 1. The zero-order chi connectivity index (χ0) is 17.1. The fourth-order valence-electron chi connectivity index (χ4n) is 4.71. The molecule has 1 saturated heterocycles. The van der Waals surface area contributed by atoms with Gasteiger partial charge in [0.15, 0.2) is 5.96 Å². The molecule has 4 nitrogen and oxygen atoms in total. The van der Waals surface area contributed by atoms with Crippen molar-refractivity contribution in [2.45, 2.75) is 38.6 Å². The maximum Gasteiger partial charge on any atom is 0.193 e. The van der Waals surface area contributed by atoms with Crippen LogP contribution in [0.4, 0.5) is 5.69 Å². The summed E-state index contributed by atoms with van der Waals surface area (Å²) in [6.07, 6.45) is 11.5. The van der Waals surface area contributed by atoms with Gasteiger partial charge < -0.3 is 15.1 Å². The fourth-order valence-corrected chi connectivity index (χ4v) is 4.71. The third kappa shape index (κ3) is 4.18. The number of benzene rings is 1. The molecule has 3 aliphatic rings. The standard InChI is InChI=1S/C21H30N4.HI/c1-22-20(25-14-11-21(17-25)9-2-3-10-21)23-16-18-7-6-8-19(15-18)24-12-4-5-13-24;/h4-8,15H,2-3,9-14,16-17H2,1H3,(H,22,23);1H. The van der Waals surface area contributed by atoms with Crippen molar-refractivity contribution in [1.82, 2.24) is 10.2 Å². The lowest BCUT2D eigenvalue weighted by Crippen LogP contribution is -2.40. The quantitative estimate of drug-likeness (QED) is 0.316. The second kappa shape index (κ2) is 8.63. The molecular formula is C21H31IN4. The molecule has 1 saturated carbocycles. The summed E-state index contributed by atoms with van der Waals surface area (Å²) in [6.45, 7) is 5.22. The summed E-state index contributed by atoms with van der Waals surface area (Å²) in [6, 6.07) is 8.87. The first kappa shape index (κ1) is 19.5. The van der Waals surface area contributed by atoms with Crippen LogP contribution in [0, 0.1) is 5.41 Å². The van der Waals surface area contributed by atoms with Gasteiger partial charge in [-0.1, -0.05) is 37.1 Å². The molecule has 4 rings (SSSR count). The highest BCUT2D eigenvalue weighted by Gasteiger charge is 2.41. The SMILES string of the molecule is CN=C(NCc1cccc(N2CC=CC2)c1)N1CCC2(CCCC2)C1.I. The Morgan fingerprint density at radius 2 is 1.92 bits per heavy atom. The maximum absolute atomic E-state index is 4.55. The van der Waals surface area contributed by atoms with E-state index in [9.17, 15) is 0 Å². The molecule has 0 radical (unpaired) electrons. The molecule has 0 amide bonds. The van der Waals surface area contributed by atoms with E-state index in [-0.39, 0.29) is 24.0 Å². The van der Waals surface area contributed by atoms with Crippen molar-refractivity contribution in [3.05, 3.63) is 42.0 Å². The molecular weight excluding hydrogens is 435 g/mol. The Hall–Kier alpha value is -1.24. The summed E-state index contributed by atoms with van der Waals surface area (Å²) in [5.41, 5.74) is 3.21. The van der Waals surface area contributed by atoms with Crippen molar-refractivity contribution in [2.75, 3.05) is 38.1 Å². The number of nitrogens with zero attached hydrogens (tertiary/aromatic N) is 3. The molecule has 1 aliphatic carbocycles. The Morgan fingerprint density at radius 3 is 2.65 bits per heavy atom. The van der Waals surface area contributed by atoms with E-state index in [0.29, 0.717) is 5.41 Å². The Morgan fingerprint density at radius 1 is 1.15 bits per heavy atom. The van der Waals surface area contributed by atoms with Crippen molar-refractivity contribution < 1.29 is 0 Å². The number of nitrogens with one attached hydrogen (secondary N) is 1. The zero-order valence-electron chi connectivity index (χ0n) is 15.8. The number of likely N-dealkylation sites (tertiary alicyclic amines) is 1. The summed E-state index contributed by atoms with van der Waals surface area (Å²) in [5, 5.41) is 3.59. The molecule has 0 bridgehead atoms. The van der Waals surface area contributed by atoms with E-state index in [1.807, 2.05) is 7.05 Å². The first-order valence-electron chi connectivity index (χ1n) is 9.73. The van der Waals surface area contributed by atoms with Crippen LogP contribution >= 0.6 is 24.0 Å². The molecule has 1 aromatic carbocycles. The van der Waals surface area contributed by atoms with Crippen LogP contribution in [-0.4, -0.2) is 44.1 Å². The second-order valence-corrected chi connectivity index (χ2v) is 7.83. The van der Waals surface area contributed by atoms with Gasteiger partial charge in [-0.3, -0.25) is 4.99 Å². The minimum absolute atomic E-state index is 0. The van der Waals surface area contributed by atoms with Crippen LogP contribution in [0.25, 0.3) is 0 Å². The molecule has 2 fully saturated rings. The summed E-state index contributed by atoms with van der Waals surface area (Å²) in [5.74, 6) is 1.07. The molecule has 0 unspecified atom stereocenters. The van der Waals surface area contributed by atoms with Crippen molar-refractivity contribution in [3.8, 4) is 0 Å². The highest BCUT2D eigenvalue weighted by molar-refractivity contribution is 14.0. The normalized spacial score (nSPS) is 21.5. The Balaban J connectivity index is 0.00000196. The number of rotatable bonds is 3. The third-order valence-electron chi connectivity index (χ3n) is 6.16. The van der Waals surface area contributed by atoms with Gasteiger partial charge in [0.05, 0.1) is 0 Å². The van der Waals surface area contributed by atoms with Gasteiger partial charge in [0.2, 0.25) is 0 Å². The Bertz CT molecular complexity index is 656. The van der Waals surface area contributed by atoms with Gasteiger partial charge in [-0.25, -0.2) is 0 Å². The molecule has 1 spiro atoms. The molecule has 2 heterocycles. The minimum atomic E-state index is 0. The highest BCUT2D eigenvalue weighted by Crippen LogP contribution is 2.45. The van der Waals surface area contributed by atoms with Crippen LogP contribution < -0.4 is 10.2 Å².